The highest BCUT2D eigenvalue weighted by atomic mass is 16.5. The summed E-state index contributed by atoms with van der Waals surface area (Å²) in [6.07, 6.45) is 1.83. The Labute approximate surface area is 110 Å². The third kappa shape index (κ3) is 3.53. The molecule has 2 fully saturated rings. The Hall–Kier alpha value is -0.450. The lowest BCUT2D eigenvalue weighted by molar-refractivity contribution is -0.131. The second-order valence-corrected chi connectivity index (χ2v) is 5.58. The number of rotatable bonds is 4. The van der Waals surface area contributed by atoms with Gasteiger partial charge in [0.15, 0.2) is 0 Å². The fraction of sp³-hybridized carbons (Fsp3) is 0.929. The lowest BCUT2D eigenvalue weighted by Crippen LogP contribution is -2.51. The van der Waals surface area contributed by atoms with Gasteiger partial charge >= 0.3 is 0 Å². The predicted molar refractivity (Wildman–Crippen MR) is 71.7 cm³/mol. The van der Waals surface area contributed by atoms with Crippen molar-refractivity contribution in [2.24, 2.45) is 5.92 Å². The molecule has 0 N–H and O–H groups in total. The summed E-state index contributed by atoms with van der Waals surface area (Å²) in [6, 6.07) is 0.687. The van der Waals surface area contributed by atoms with E-state index in [1.54, 1.807) is 0 Å². The molecule has 2 unspecified atom stereocenters. The topological polar surface area (TPSA) is 32.8 Å². The van der Waals surface area contributed by atoms with Crippen LogP contribution in [0.2, 0.25) is 0 Å². The number of Topliss-reactive ketones (excluding diaryl/α,β-unsaturated/α-hetero) is 1. The molecule has 0 radical (unpaired) electrons. The summed E-state index contributed by atoms with van der Waals surface area (Å²) < 4.78 is 5.41. The van der Waals surface area contributed by atoms with Gasteiger partial charge in [0, 0.05) is 45.2 Å². The van der Waals surface area contributed by atoms with Crippen molar-refractivity contribution in [2.75, 3.05) is 45.9 Å². The fourth-order valence-corrected chi connectivity index (χ4v) is 2.81. The first-order chi connectivity index (χ1) is 8.70. The van der Waals surface area contributed by atoms with Gasteiger partial charge in [0.25, 0.3) is 0 Å². The van der Waals surface area contributed by atoms with Crippen LogP contribution in [0, 0.1) is 5.92 Å². The summed E-state index contributed by atoms with van der Waals surface area (Å²) in [5.74, 6) is 0.513. The molecular formula is C14H26N2O2. The Kier molecular flexibility index (Phi) is 5.15. The molecule has 0 aromatic carbocycles. The van der Waals surface area contributed by atoms with Crippen molar-refractivity contribution in [3.05, 3.63) is 0 Å². The molecule has 2 heterocycles. The average Bonchev–Trinajstić information content (AvgIpc) is 2.41. The van der Waals surface area contributed by atoms with E-state index in [1.165, 1.54) is 6.42 Å². The maximum atomic E-state index is 11.8. The van der Waals surface area contributed by atoms with Gasteiger partial charge in [-0.05, 0) is 13.3 Å². The van der Waals surface area contributed by atoms with Crippen molar-refractivity contribution < 1.29 is 9.53 Å². The molecule has 2 rings (SSSR count). The number of carbonyl (C=O) groups is 1. The van der Waals surface area contributed by atoms with Crippen LogP contribution in [-0.4, -0.2) is 67.6 Å². The number of ether oxygens (including phenoxy) is 1. The molecule has 0 aromatic heterocycles. The van der Waals surface area contributed by atoms with Crippen LogP contribution in [-0.2, 0) is 9.53 Å². The number of carbonyl (C=O) groups excluding carboxylic acids is 1. The molecular weight excluding hydrogens is 228 g/mol. The van der Waals surface area contributed by atoms with Crippen LogP contribution in [0.1, 0.15) is 26.7 Å². The van der Waals surface area contributed by atoms with Crippen molar-refractivity contribution in [2.45, 2.75) is 32.7 Å². The standard InChI is InChI=1S/C14H26N2O2/c1-3-12(2)16-7-5-15(6-8-16)10-13-11-18-9-4-14(13)17/h12-13H,3-11H2,1-2H3. The third-order valence-electron chi connectivity index (χ3n) is 4.37. The van der Waals surface area contributed by atoms with Crippen molar-refractivity contribution in [1.82, 2.24) is 9.80 Å². The molecule has 2 atom stereocenters. The number of hydrogen-bond acceptors (Lipinski definition) is 4. The second-order valence-electron chi connectivity index (χ2n) is 5.58. The second kappa shape index (κ2) is 6.64. The van der Waals surface area contributed by atoms with Gasteiger partial charge in [-0.1, -0.05) is 6.92 Å². The van der Waals surface area contributed by atoms with Crippen molar-refractivity contribution >= 4 is 5.78 Å². The first-order valence-electron chi connectivity index (χ1n) is 7.27. The van der Waals surface area contributed by atoms with Crippen molar-refractivity contribution in [3.63, 3.8) is 0 Å². The Morgan fingerprint density at radius 1 is 1.33 bits per heavy atom. The van der Waals surface area contributed by atoms with Crippen LogP contribution in [0.3, 0.4) is 0 Å². The lowest BCUT2D eigenvalue weighted by Gasteiger charge is -2.39. The number of nitrogens with zero attached hydrogens (tertiary/aromatic N) is 2. The molecule has 2 aliphatic heterocycles. The van der Waals surface area contributed by atoms with Gasteiger partial charge in [-0.2, -0.15) is 0 Å². The monoisotopic (exact) mass is 254 g/mol. The zero-order valence-corrected chi connectivity index (χ0v) is 11.7. The van der Waals surface area contributed by atoms with Gasteiger partial charge in [-0.3, -0.25) is 14.6 Å². The first-order valence-corrected chi connectivity index (χ1v) is 7.27. The van der Waals surface area contributed by atoms with E-state index in [1.807, 2.05) is 0 Å². The van der Waals surface area contributed by atoms with Gasteiger partial charge in [0.05, 0.1) is 19.1 Å². The molecule has 18 heavy (non-hydrogen) atoms. The van der Waals surface area contributed by atoms with E-state index in [-0.39, 0.29) is 5.92 Å². The molecule has 0 aromatic rings. The summed E-state index contributed by atoms with van der Waals surface area (Å²) in [5.41, 5.74) is 0. The summed E-state index contributed by atoms with van der Waals surface area (Å²) >= 11 is 0. The highest BCUT2D eigenvalue weighted by molar-refractivity contribution is 5.82. The van der Waals surface area contributed by atoms with Gasteiger partial charge in [-0.25, -0.2) is 0 Å². The number of hydrogen-bond donors (Lipinski definition) is 0. The van der Waals surface area contributed by atoms with E-state index in [9.17, 15) is 4.79 Å². The largest absolute Gasteiger partial charge is 0.380 e. The molecule has 2 saturated heterocycles. The van der Waals surface area contributed by atoms with Crippen LogP contribution in [0.25, 0.3) is 0 Å². The van der Waals surface area contributed by atoms with E-state index in [0.717, 1.165) is 32.7 Å². The molecule has 0 aliphatic carbocycles. The Balaban J connectivity index is 1.74. The van der Waals surface area contributed by atoms with Crippen LogP contribution >= 0.6 is 0 Å². The molecule has 0 amide bonds. The Morgan fingerprint density at radius 2 is 2.06 bits per heavy atom. The minimum atomic E-state index is 0.119. The SMILES string of the molecule is CCC(C)N1CCN(CC2COCCC2=O)CC1. The third-order valence-corrected chi connectivity index (χ3v) is 4.37. The van der Waals surface area contributed by atoms with Crippen LogP contribution in [0.5, 0.6) is 0 Å². The van der Waals surface area contributed by atoms with Crippen LogP contribution < -0.4 is 0 Å². The predicted octanol–water partition coefficient (Wildman–Crippen LogP) is 1.01. The zero-order chi connectivity index (χ0) is 13.0. The zero-order valence-electron chi connectivity index (χ0n) is 11.7. The first kappa shape index (κ1) is 14.0. The average molecular weight is 254 g/mol. The minimum Gasteiger partial charge on any atom is -0.380 e. The van der Waals surface area contributed by atoms with E-state index in [2.05, 4.69) is 23.6 Å². The molecule has 104 valence electrons. The summed E-state index contributed by atoms with van der Waals surface area (Å²) in [7, 11) is 0. The quantitative estimate of drug-likeness (QED) is 0.749. The van der Waals surface area contributed by atoms with E-state index in [4.69, 9.17) is 4.74 Å². The van der Waals surface area contributed by atoms with E-state index < -0.39 is 0 Å². The molecule has 0 saturated carbocycles. The normalized spacial score (nSPS) is 29.4. The smallest absolute Gasteiger partial charge is 0.141 e. The molecule has 4 nitrogen and oxygen atoms in total. The van der Waals surface area contributed by atoms with E-state index >= 15 is 0 Å². The summed E-state index contributed by atoms with van der Waals surface area (Å²) in [6.45, 7) is 11.1. The summed E-state index contributed by atoms with van der Waals surface area (Å²) in [5, 5.41) is 0. The lowest BCUT2D eigenvalue weighted by atomic mass is 9.99. The Bertz CT molecular complexity index is 275. The van der Waals surface area contributed by atoms with Crippen LogP contribution in [0.4, 0.5) is 0 Å². The van der Waals surface area contributed by atoms with Crippen molar-refractivity contribution in [3.8, 4) is 0 Å². The molecule has 2 aliphatic rings. The minimum absolute atomic E-state index is 0.119. The van der Waals surface area contributed by atoms with Crippen molar-refractivity contribution in [1.29, 1.82) is 0 Å². The molecule has 4 heteroatoms. The summed E-state index contributed by atoms with van der Waals surface area (Å²) in [4.78, 5) is 16.7. The maximum Gasteiger partial charge on any atom is 0.141 e. The van der Waals surface area contributed by atoms with Gasteiger partial charge < -0.3 is 4.74 Å². The van der Waals surface area contributed by atoms with Gasteiger partial charge in [0.1, 0.15) is 5.78 Å². The van der Waals surface area contributed by atoms with E-state index in [0.29, 0.717) is 31.5 Å². The van der Waals surface area contributed by atoms with Gasteiger partial charge in [-0.15, -0.1) is 0 Å². The molecule has 0 bridgehead atoms. The number of piperazine rings is 1. The highest BCUT2D eigenvalue weighted by Gasteiger charge is 2.27. The Morgan fingerprint density at radius 3 is 2.67 bits per heavy atom. The molecule has 0 spiro atoms. The number of ketones is 1. The highest BCUT2D eigenvalue weighted by Crippen LogP contribution is 2.14. The fourth-order valence-electron chi connectivity index (χ4n) is 2.81. The van der Waals surface area contributed by atoms with Gasteiger partial charge in [0.2, 0.25) is 0 Å². The van der Waals surface area contributed by atoms with Crippen LogP contribution in [0.15, 0.2) is 0 Å². The maximum absolute atomic E-state index is 11.8.